The van der Waals surface area contributed by atoms with Crippen molar-refractivity contribution >= 4 is 22.9 Å². The molecule has 0 bridgehead atoms. The van der Waals surface area contributed by atoms with Gasteiger partial charge in [0.25, 0.3) is 0 Å². The van der Waals surface area contributed by atoms with Crippen LogP contribution in [0.2, 0.25) is 0 Å². The zero-order valence-corrected chi connectivity index (χ0v) is 12.3. The maximum Gasteiger partial charge on any atom is 0.124 e. The van der Waals surface area contributed by atoms with Crippen LogP contribution >= 0.6 is 12.2 Å². The number of halogens is 1. The number of nitrogens with one attached hydrogen (secondary N) is 1. The summed E-state index contributed by atoms with van der Waals surface area (Å²) in [6.07, 6.45) is 4.83. The van der Waals surface area contributed by atoms with E-state index in [9.17, 15) is 4.39 Å². The number of rotatable bonds is 3. The first-order valence-electron chi connectivity index (χ1n) is 6.76. The van der Waals surface area contributed by atoms with Crippen molar-refractivity contribution in [2.75, 3.05) is 5.32 Å². The summed E-state index contributed by atoms with van der Waals surface area (Å²) in [6, 6.07) is 4.95. The molecular formula is C15H21FN2S. The van der Waals surface area contributed by atoms with E-state index < -0.39 is 0 Å². The van der Waals surface area contributed by atoms with Crippen molar-refractivity contribution < 1.29 is 4.39 Å². The van der Waals surface area contributed by atoms with E-state index in [4.69, 9.17) is 18.0 Å². The molecule has 0 spiro atoms. The molecule has 1 fully saturated rings. The summed E-state index contributed by atoms with van der Waals surface area (Å²) >= 11 is 5.01. The predicted molar refractivity (Wildman–Crippen MR) is 81.9 cm³/mol. The van der Waals surface area contributed by atoms with Crippen molar-refractivity contribution in [3.8, 4) is 0 Å². The lowest BCUT2D eigenvalue weighted by molar-refractivity contribution is 0.217. The number of thiocarbonyl (C=S) groups is 1. The van der Waals surface area contributed by atoms with Crippen molar-refractivity contribution in [1.29, 1.82) is 0 Å². The standard InChI is InChI=1S/C15H21FN2S/c1-15(2)8-4-3-5-13(15)18-12-7-6-10(16)9-11(12)14(17)19/h6-7,9,13,18H,3-5,8H2,1-2H3,(H2,17,19). The van der Waals surface area contributed by atoms with Gasteiger partial charge in [-0.1, -0.05) is 38.9 Å². The predicted octanol–water partition coefficient (Wildman–Crippen LogP) is 3.84. The Hall–Kier alpha value is -1.16. The molecule has 1 aliphatic carbocycles. The molecule has 1 atom stereocenters. The molecule has 0 aliphatic heterocycles. The summed E-state index contributed by atoms with van der Waals surface area (Å²) in [5.74, 6) is -0.309. The first kappa shape index (κ1) is 14.3. The molecule has 0 radical (unpaired) electrons. The zero-order chi connectivity index (χ0) is 14.0. The highest BCUT2D eigenvalue weighted by Gasteiger charge is 2.32. The first-order chi connectivity index (χ1) is 8.90. The van der Waals surface area contributed by atoms with Crippen LogP contribution in [0.1, 0.15) is 45.1 Å². The Kier molecular flexibility index (Phi) is 4.09. The van der Waals surface area contributed by atoms with Crippen LogP contribution in [0.4, 0.5) is 10.1 Å². The molecule has 0 heterocycles. The van der Waals surface area contributed by atoms with Gasteiger partial charge in [0.1, 0.15) is 10.8 Å². The van der Waals surface area contributed by atoms with Crippen molar-refractivity contribution in [2.24, 2.45) is 11.1 Å². The van der Waals surface area contributed by atoms with E-state index in [1.54, 1.807) is 6.07 Å². The highest BCUT2D eigenvalue weighted by atomic mass is 32.1. The van der Waals surface area contributed by atoms with E-state index in [1.807, 2.05) is 0 Å². The average molecular weight is 280 g/mol. The summed E-state index contributed by atoms with van der Waals surface area (Å²) in [4.78, 5) is 0.232. The fraction of sp³-hybridized carbons (Fsp3) is 0.533. The number of benzene rings is 1. The Morgan fingerprint density at radius 2 is 2.16 bits per heavy atom. The molecule has 19 heavy (non-hydrogen) atoms. The second-order valence-electron chi connectivity index (χ2n) is 5.99. The van der Waals surface area contributed by atoms with Gasteiger partial charge in [-0.15, -0.1) is 0 Å². The van der Waals surface area contributed by atoms with Gasteiger partial charge in [-0.3, -0.25) is 0 Å². The van der Waals surface area contributed by atoms with E-state index in [2.05, 4.69) is 19.2 Å². The Morgan fingerprint density at radius 3 is 2.79 bits per heavy atom. The lowest BCUT2D eigenvalue weighted by Crippen LogP contribution is -2.39. The molecular weight excluding hydrogens is 259 g/mol. The Morgan fingerprint density at radius 1 is 1.42 bits per heavy atom. The number of nitrogens with two attached hydrogens (primary N) is 1. The van der Waals surface area contributed by atoms with E-state index in [0.717, 1.165) is 12.1 Å². The van der Waals surface area contributed by atoms with Crippen molar-refractivity contribution in [2.45, 2.75) is 45.6 Å². The van der Waals surface area contributed by atoms with E-state index in [-0.39, 0.29) is 16.2 Å². The zero-order valence-electron chi connectivity index (χ0n) is 11.5. The molecule has 1 aliphatic rings. The minimum Gasteiger partial charge on any atom is -0.389 e. The van der Waals surface area contributed by atoms with Gasteiger partial charge in [-0.2, -0.15) is 0 Å². The summed E-state index contributed by atoms with van der Waals surface area (Å²) in [5.41, 5.74) is 7.35. The molecule has 1 unspecified atom stereocenters. The Balaban J connectivity index is 2.25. The molecule has 0 amide bonds. The topological polar surface area (TPSA) is 38.0 Å². The van der Waals surface area contributed by atoms with Crippen molar-refractivity contribution in [1.82, 2.24) is 0 Å². The van der Waals surface area contributed by atoms with Crippen LogP contribution in [0.3, 0.4) is 0 Å². The molecule has 1 aromatic carbocycles. The van der Waals surface area contributed by atoms with Gasteiger partial charge in [-0.25, -0.2) is 4.39 Å². The second kappa shape index (κ2) is 5.45. The van der Waals surface area contributed by atoms with Crippen LogP contribution in [0.5, 0.6) is 0 Å². The molecule has 2 nitrogen and oxygen atoms in total. The molecule has 0 aromatic heterocycles. The highest BCUT2D eigenvalue weighted by molar-refractivity contribution is 7.80. The lowest BCUT2D eigenvalue weighted by Gasteiger charge is -2.40. The minimum atomic E-state index is -0.309. The Bertz CT molecular complexity index is 485. The quantitative estimate of drug-likeness (QED) is 0.826. The van der Waals surface area contributed by atoms with Gasteiger partial charge in [0, 0.05) is 17.3 Å². The van der Waals surface area contributed by atoms with Crippen LogP contribution in [0.25, 0.3) is 0 Å². The monoisotopic (exact) mass is 280 g/mol. The maximum atomic E-state index is 13.3. The van der Waals surface area contributed by atoms with Crippen molar-refractivity contribution in [3.63, 3.8) is 0 Å². The SMILES string of the molecule is CC1(C)CCCCC1Nc1ccc(F)cc1C(N)=S. The van der Waals surface area contributed by atoms with Crippen LogP contribution in [-0.2, 0) is 0 Å². The van der Waals surface area contributed by atoms with Crippen LogP contribution in [0, 0.1) is 11.2 Å². The fourth-order valence-electron chi connectivity index (χ4n) is 2.80. The molecule has 0 saturated heterocycles. The van der Waals surface area contributed by atoms with Gasteiger partial charge in [0.15, 0.2) is 0 Å². The molecule has 104 valence electrons. The number of anilines is 1. The van der Waals surface area contributed by atoms with E-state index >= 15 is 0 Å². The maximum absolute atomic E-state index is 13.3. The summed E-state index contributed by atoms with van der Waals surface area (Å²) in [7, 11) is 0. The van der Waals surface area contributed by atoms with Gasteiger partial charge >= 0.3 is 0 Å². The Labute approximate surface area is 119 Å². The second-order valence-corrected chi connectivity index (χ2v) is 6.43. The first-order valence-corrected chi connectivity index (χ1v) is 7.17. The molecule has 3 N–H and O–H groups in total. The molecule has 1 saturated carbocycles. The number of hydrogen-bond acceptors (Lipinski definition) is 2. The third kappa shape index (κ3) is 3.24. The third-order valence-electron chi connectivity index (χ3n) is 4.08. The molecule has 4 heteroatoms. The molecule has 1 aromatic rings. The fourth-order valence-corrected chi connectivity index (χ4v) is 2.96. The highest BCUT2D eigenvalue weighted by Crippen LogP contribution is 2.37. The van der Waals surface area contributed by atoms with Gasteiger partial charge in [0.05, 0.1) is 0 Å². The number of hydrogen-bond donors (Lipinski definition) is 2. The van der Waals surface area contributed by atoms with Crippen LogP contribution in [-0.4, -0.2) is 11.0 Å². The van der Waals surface area contributed by atoms with Gasteiger partial charge < -0.3 is 11.1 Å². The summed E-state index contributed by atoms with van der Waals surface area (Å²) < 4.78 is 13.3. The largest absolute Gasteiger partial charge is 0.389 e. The minimum absolute atomic E-state index is 0.232. The third-order valence-corrected chi connectivity index (χ3v) is 4.30. The van der Waals surface area contributed by atoms with Gasteiger partial charge in [0.2, 0.25) is 0 Å². The van der Waals surface area contributed by atoms with E-state index in [1.165, 1.54) is 31.4 Å². The average Bonchev–Trinajstić information content (AvgIpc) is 2.33. The van der Waals surface area contributed by atoms with Crippen LogP contribution < -0.4 is 11.1 Å². The van der Waals surface area contributed by atoms with Crippen LogP contribution in [0.15, 0.2) is 18.2 Å². The van der Waals surface area contributed by atoms with Gasteiger partial charge in [-0.05, 0) is 36.5 Å². The smallest absolute Gasteiger partial charge is 0.124 e. The normalized spacial score (nSPS) is 21.9. The summed E-state index contributed by atoms with van der Waals surface area (Å²) in [6.45, 7) is 4.54. The van der Waals surface area contributed by atoms with E-state index in [0.29, 0.717) is 11.6 Å². The lowest BCUT2D eigenvalue weighted by atomic mass is 9.73. The van der Waals surface area contributed by atoms with Crippen molar-refractivity contribution in [3.05, 3.63) is 29.6 Å². The molecule has 2 rings (SSSR count). The summed E-state index contributed by atoms with van der Waals surface area (Å²) in [5, 5.41) is 3.51.